The molecule has 0 saturated carbocycles. The molecule has 0 aromatic rings. The van der Waals surface area contributed by atoms with Gasteiger partial charge in [-0.3, -0.25) is 4.79 Å². The summed E-state index contributed by atoms with van der Waals surface area (Å²) in [5.41, 5.74) is 1.83. The van der Waals surface area contributed by atoms with Crippen molar-refractivity contribution in [2.24, 2.45) is 0 Å². The lowest BCUT2D eigenvalue weighted by molar-refractivity contribution is -0.114. The van der Waals surface area contributed by atoms with E-state index in [4.69, 9.17) is 4.74 Å². The molecule has 0 amide bonds. The second-order valence-electron chi connectivity index (χ2n) is 2.88. The minimum Gasteiger partial charge on any atom is -0.494 e. The van der Waals surface area contributed by atoms with Crippen LogP contribution in [-0.2, 0) is 9.53 Å². The third-order valence-electron chi connectivity index (χ3n) is 2.13. The highest BCUT2D eigenvalue weighted by molar-refractivity contribution is 5.98. The Morgan fingerprint density at radius 2 is 2.25 bits per heavy atom. The van der Waals surface area contributed by atoms with Crippen molar-refractivity contribution >= 4 is 5.78 Å². The first kappa shape index (κ1) is 9.04. The molecule has 0 N–H and O–H groups in total. The Kier molecular flexibility index (Phi) is 2.69. The van der Waals surface area contributed by atoms with Gasteiger partial charge in [-0.25, -0.2) is 0 Å². The minimum absolute atomic E-state index is 0.228. The van der Waals surface area contributed by atoms with Gasteiger partial charge in [0.1, 0.15) is 5.76 Å². The van der Waals surface area contributed by atoms with Gasteiger partial charge >= 0.3 is 0 Å². The summed E-state index contributed by atoms with van der Waals surface area (Å²) in [5, 5.41) is 0. The third kappa shape index (κ3) is 1.58. The monoisotopic (exact) mass is 166 g/mol. The molecule has 0 aliphatic heterocycles. The molecule has 0 bridgehead atoms. The van der Waals surface area contributed by atoms with E-state index in [0.29, 0.717) is 18.8 Å². The van der Waals surface area contributed by atoms with Crippen LogP contribution in [-0.4, -0.2) is 12.4 Å². The van der Waals surface area contributed by atoms with Crippen molar-refractivity contribution in [3.8, 4) is 0 Å². The van der Waals surface area contributed by atoms with Crippen molar-refractivity contribution in [3.63, 3.8) is 0 Å². The highest BCUT2D eigenvalue weighted by Crippen LogP contribution is 2.27. The van der Waals surface area contributed by atoms with Gasteiger partial charge in [-0.05, 0) is 25.8 Å². The van der Waals surface area contributed by atoms with Gasteiger partial charge in [-0.1, -0.05) is 6.58 Å². The minimum atomic E-state index is 0.228. The molecule has 0 radical (unpaired) electrons. The van der Waals surface area contributed by atoms with Crippen molar-refractivity contribution in [1.29, 1.82) is 0 Å². The molecule has 0 atom stereocenters. The van der Waals surface area contributed by atoms with Crippen LogP contribution in [0.15, 0.2) is 23.5 Å². The molecule has 66 valence electrons. The summed E-state index contributed by atoms with van der Waals surface area (Å²) in [7, 11) is 0. The van der Waals surface area contributed by atoms with E-state index in [2.05, 4.69) is 6.58 Å². The van der Waals surface area contributed by atoms with Crippen molar-refractivity contribution in [3.05, 3.63) is 23.5 Å². The molecular weight excluding hydrogens is 152 g/mol. The molecule has 2 nitrogen and oxygen atoms in total. The van der Waals surface area contributed by atoms with Gasteiger partial charge in [0.05, 0.1) is 6.61 Å². The fourth-order valence-electron chi connectivity index (χ4n) is 1.39. The second-order valence-corrected chi connectivity index (χ2v) is 2.88. The molecular formula is C10H14O2. The Hall–Kier alpha value is -1.05. The van der Waals surface area contributed by atoms with Gasteiger partial charge in [0, 0.05) is 12.0 Å². The number of ketones is 1. The summed E-state index contributed by atoms with van der Waals surface area (Å²) >= 11 is 0. The number of hydrogen-bond donors (Lipinski definition) is 0. The number of hydrogen-bond acceptors (Lipinski definition) is 2. The van der Waals surface area contributed by atoms with Gasteiger partial charge in [0.15, 0.2) is 5.78 Å². The molecule has 1 rings (SSSR count). The number of rotatable bonds is 3. The summed E-state index contributed by atoms with van der Waals surface area (Å²) in [6.07, 6.45) is 1.41. The van der Waals surface area contributed by atoms with E-state index in [1.54, 1.807) is 0 Å². The summed E-state index contributed by atoms with van der Waals surface area (Å²) in [5.74, 6) is 0.895. The maximum atomic E-state index is 11.1. The van der Waals surface area contributed by atoms with E-state index in [0.717, 1.165) is 17.6 Å². The number of Topliss-reactive ketones (excluding diaryl/α,β-unsaturated/α-hetero) is 1. The van der Waals surface area contributed by atoms with Gasteiger partial charge in [-0.2, -0.15) is 0 Å². The highest BCUT2D eigenvalue weighted by Gasteiger charge is 2.21. The molecule has 0 fully saturated rings. The normalized spacial score (nSPS) is 17.0. The van der Waals surface area contributed by atoms with E-state index in [9.17, 15) is 4.79 Å². The van der Waals surface area contributed by atoms with E-state index < -0.39 is 0 Å². The number of ether oxygens (including phenoxy) is 1. The molecule has 1 aliphatic carbocycles. The zero-order valence-electron chi connectivity index (χ0n) is 7.64. The zero-order valence-corrected chi connectivity index (χ0v) is 7.64. The van der Waals surface area contributed by atoms with Crippen LogP contribution in [0.5, 0.6) is 0 Å². The van der Waals surface area contributed by atoms with E-state index in [1.165, 1.54) is 0 Å². The Morgan fingerprint density at radius 3 is 2.67 bits per heavy atom. The number of allylic oxidation sites excluding steroid dienone is 2. The summed E-state index contributed by atoms with van der Waals surface area (Å²) in [4.78, 5) is 11.1. The van der Waals surface area contributed by atoms with Crippen molar-refractivity contribution in [1.82, 2.24) is 0 Å². The SMILES string of the molecule is C=C(OCC)C1=C(C)C(=O)CC1. The van der Waals surface area contributed by atoms with Crippen LogP contribution >= 0.6 is 0 Å². The lowest BCUT2D eigenvalue weighted by atomic mass is 10.1. The average molecular weight is 166 g/mol. The summed E-state index contributed by atoms with van der Waals surface area (Å²) < 4.78 is 5.24. The molecule has 0 spiro atoms. The molecule has 0 unspecified atom stereocenters. The van der Waals surface area contributed by atoms with Gasteiger partial charge < -0.3 is 4.74 Å². The molecule has 0 saturated heterocycles. The standard InChI is InChI=1S/C10H14O2/c1-4-12-8(3)9-5-6-10(11)7(9)2/h3-6H2,1-2H3. The first-order valence-electron chi connectivity index (χ1n) is 4.21. The van der Waals surface area contributed by atoms with Gasteiger partial charge in [0.2, 0.25) is 0 Å². The van der Waals surface area contributed by atoms with Crippen LogP contribution in [0.4, 0.5) is 0 Å². The van der Waals surface area contributed by atoms with E-state index in [1.807, 2.05) is 13.8 Å². The molecule has 0 aromatic carbocycles. The zero-order chi connectivity index (χ0) is 9.14. The third-order valence-corrected chi connectivity index (χ3v) is 2.13. The van der Waals surface area contributed by atoms with Crippen molar-refractivity contribution < 1.29 is 9.53 Å². The largest absolute Gasteiger partial charge is 0.494 e. The van der Waals surface area contributed by atoms with E-state index >= 15 is 0 Å². The van der Waals surface area contributed by atoms with Crippen LogP contribution in [0.25, 0.3) is 0 Å². The maximum absolute atomic E-state index is 11.1. The van der Waals surface area contributed by atoms with E-state index in [-0.39, 0.29) is 5.78 Å². The Bertz CT molecular complexity index is 249. The van der Waals surface area contributed by atoms with Crippen LogP contribution in [0.2, 0.25) is 0 Å². The van der Waals surface area contributed by atoms with Crippen LogP contribution in [0.3, 0.4) is 0 Å². The molecule has 2 heteroatoms. The number of carbonyl (C=O) groups is 1. The Balaban J connectivity index is 2.75. The van der Waals surface area contributed by atoms with Gasteiger partial charge in [-0.15, -0.1) is 0 Å². The molecule has 12 heavy (non-hydrogen) atoms. The van der Waals surface area contributed by atoms with Crippen molar-refractivity contribution in [2.75, 3.05) is 6.61 Å². The van der Waals surface area contributed by atoms with Gasteiger partial charge in [0.25, 0.3) is 0 Å². The highest BCUT2D eigenvalue weighted by atomic mass is 16.5. The first-order valence-corrected chi connectivity index (χ1v) is 4.21. The first-order chi connectivity index (χ1) is 5.66. The lowest BCUT2D eigenvalue weighted by Crippen LogP contribution is -1.95. The smallest absolute Gasteiger partial charge is 0.159 e. The van der Waals surface area contributed by atoms with Crippen LogP contribution in [0, 0.1) is 0 Å². The molecule has 0 aromatic heterocycles. The predicted octanol–water partition coefficient (Wildman–Crippen LogP) is 2.22. The maximum Gasteiger partial charge on any atom is 0.159 e. The summed E-state index contributed by atoms with van der Waals surface area (Å²) in [6, 6.07) is 0. The average Bonchev–Trinajstić information content (AvgIpc) is 2.34. The van der Waals surface area contributed by atoms with Crippen LogP contribution < -0.4 is 0 Å². The number of carbonyl (C=O) groups excluding carboxylic acids is 1. The molecule has 0 heterocycles. The fraction of sp³-hybridized carbons (Fsp3) is 0.500. The predicted molar refractivity (Wildman–Crippen MR) is 47.7 cm³/mol. The second kappa shape index (κ2) is 3.57. The quantitative estimate of drug-likeness (QED) is 0.601. The molecule has 1 aliphatic rings. The Labute approximate surface area is 72.9 Å². The lowest BCUT2D eigenvalue weighted by Gasteiger charge is -2.07. The van der Waals surface area contributed by atoms with Crippen molar-refractivity contribution in [2.45, 2.75) is 26.7 Å². The topological polar surface area (TPSA) is 26.3 Å². The fourth-order valence-corrected chi connectivity index (χ4v) is 1.39. The summed E-state index contributed by atoms with van der Waals surface area (Å²) in [6.45, 7) is 8.15. The Morgan fingerprint density at radius 1 is 1.58 bits per heavy atom. The van der Waals surface area contributed by atoms with Crippen LogP contribution in [0.1, 0.15) is 26.7 Å².